The van der Waals surface area contributed by atoms with Gasteiger partial charge in [-0.05, 0) is 37.8 Å². The molecule has 2 atom stereocenters. The highest BCUT2D eigenvalue weighted by Gasteiger charge is 2.27. The normalized spacial score (nSPS) is 18.2. The highest BCUT2D eigenvalue weighted by atomic mass is 127. The summed E-state index contributed by atoms with van der Waals surface area (Å²) < 4.78 is 6.12. The van der Waals surface area contributed by atoms with Crippen LogP contribution in [0.3, 0.4) is 0 Å². The van der Waals surface area contributed by atoms with E-state index in [4.69, 9.17) is 9.73 Å². The monoisotopic (exact) mass is 564 g/mol. The molecule has 0 bridgehead atoms. The van der Waals surface area contributed by atoms with Crippen LogP contribution < -0.4 is 16.0 Å². The minimum Gasteiger partial charge on any atom is -0.373 e. The minimum absolute atomic E-state index is 0. The summed E-state index contributed by atoms with van der Waals surface area (Å²) in [7, 11) is 0. The van der Waals surface area contributed by atoms with Crippen molar-refractivity contribution in [2.45, 2.75) is 45.8 Å². The predicted molar refractivity (Wildman–Crippen MR) is 145 cm³/mol. The second-order valence-electron chi connectivity index (χ2n) is 8.26. The van der Waals surface area contributed by atoms with Crippen LogP contribution in [-0.4, -0.2) is 38.1 Å². The zero-order valence-corrected chi connectivity index (χ0v) is 22.0. The highest BCUT2D eigenvalue weighted by Crippen LogP contribution is 2.33. The smallest absolute Gasteiger partial charge is 0.222 e. The fourth-order valence-electron chi connectivity index (χ4n) is 3.88. The Kier molecular flexibility index (Phi) is 12.2. The Morgan fingerprint density at radius 2 is 1.82 bits per heavy atom. The van der Waals surface area contributed by atoms with E-state index in [2.05, 4.69) is 47.1 Å². The molecule has 2 aromatic carbocycles. The molecule has 1 amide bonds. The molecular weight excluding hydrogens is 527 g/mol. The summed E-state index contributed by atoms with van der Waals surface area (Å²) >= 11 is 0. The number of carbonyl (C=O) groups is 1. The van der Waals surface area contributed by atoms with Crippen LogP contribution in [0.4, 0.5) is 0 Å². The van der Waals surface area contributed by atoms with Crippen molar-refractivity contribution in [3.63, 3.8) is 0 Å². The summed E-state index contributed by atoms with van der Waals surface area (Å²) in [5.41, 5.74) is 3.58. The van der Waals surface area contributed by atoms with E-state index in [1.165, 1.54) is 11.1 Å². The maximum absolute atomic E-state index is 12.2. The van der Waals surface area contributed by atoms with E-state index in [0.29, 0.717) is 32.0 Å². The number of nitrogens with zero attached hydrogens (tertiary/aromatic N) is 1. The van der Waals surface area contributed by atoms with Crippen molar-refractivity contribution in [3.8, 4) is 0 Å². The van der Waals surface area contributed by atoms with Crippen LogP contribution in [0.5, 0.6) is 0 Å². The summed E-state index contributed by atoms with van der Waals surface area (Å²) in [5.74, 6) is 1.12. The number of aliphatic imine (C=N–C) groups is 1. The van der Waals surface area contributed by atoms with E-state index in [1.807, 2.05) is 37.3 Å². The number of hydrogen-bond acceptors (Lipinski definition) is 3. The van der Waals surface area contributed by atoms with Gasteiger partial charge < -0.3 is 20.7 Å². The summed E-state index contributed by atoms with van der Waals surface area (Å²) in [4.78, 5) is 17.0. The van der Waals surface area contributed by atoms with Crippen LogP contribution in [0.15, 0.2) is 59.6 Å². The lowest BCUT2D eigenvalue weighted by molar-refractivity contribution is -0.121. The maximum Gasteiger partial charge on any atom is 0.222 e. The van der Waals surface area contributed by atoms with Crippen molar-refractivity contribution in [1.29, 1.82) is 0 Å². The molecule has 0 saturated carbocycles. The van der Waals surface area contributed by atoms with Crippen molar-refractivity contribution in [2.24, 2.45) is 10.9 Å². The number of ether oxygens (including phenoxy) is 1. The lowest BCUT2D eigenvalue weighted by Gasteiger charge is -2.31. The fourth-order valence-corrected chi connectivity index (χ4v) is 3.88. The zero-order valence-electron chi connectivity index (χ0n) is 19.7. The van der Waals surface area contributed by atoms with Gasteiger partial charge in [-0.3, -0.25) is 9.79 Å². The van der Waals surface area contributed by atoms with Gasteiger partial charge in [-0.15, -0.1) is 24.0 Å². The number of carbonyl (C=O) groups excluding carboxylic acids is 1. The van der Waals surface area contributed by atoms with E-state index < -0.39 is 0 Å². The molecule has 33 heavy (non-hydrogen) atoms. The van der Waals surface area contributed by atoms with Crippen molar-refractivity contribution in [2.75, 3.05) is 26.2 Å². The first-order valence-corrected chi connectivity index (χ1v) is 11.7. The SMILES string of the molecule is CCNC(=NCC1CCCOC1c1ccc(C)cc1)NCCC(=O)NCc1ccccc1.I. The van der Waals surface area contributed by atoms with Crippen molar-refractivity contribution < 1.29 is 9.53 Å². The van der Waals surface area contributed by atoms with Gasteiger partial charge in [-0.25, -0.2) is 0 Å². The molecule has 1 saturated heterocycles. The lowest BCUT2D eigenvalue weighted by Crippen LogP contribution is -2.40. The lowest BCUT2D eigenvalue weighted by atomic mass is 9.89. The molecule has 180 valence electrons. The van der Waals surface area contributed by atoms with E-state index in [9.17, 15) is 4.79 Å². The van der Waals surface area contributed by atoms with Gasteiger partial charge in [-0.1, -0.05) is 60.2 Å². The standard InChI is InChI=1S/C26H36N4O2.HI/c1-3-27-26(28-16-15-24(31)29-18-21-8-5-4-6-9-21)30-19-23-10-7-17-32-25(23)22-13-11-20(2)12-14-22;/h4-6,8-9,11-14,23,25H,3,7,10,15-19H2,1-2H3,(H,29,31)(H2,27,28,30);1H. The predicted octanol–water partition coefficient (Wildman–Crippen LogP) is 4.34. The molecule has 1 aliphatic rings. The first-order chi connectivity index (χ1) is 15.7. The molecule has 3 N–H and O–H groups in total. The Bertz CT molecular complexity index is 858. The average molecular weight is 565 g/mol. The van der Waals surface area contributed by atoms with Gasteiger partial charge in [0, 0.05) is 45.1 Å². The third kappa shape index (κ3) is 9.33. The van der Waals surface area contributed by atoms with Crippen molar-refractivity contribution in [1.82, 2.24) is 16.0 Å². The Morgan fingerprint density at radius 3 is 2.55 bits per heavy atom. The summed E-state index contributed by atoms with van der Waals surface area (Å²) in [5, 5.41) is 9.53. The molecule has 0 aliphatic carbocycles. The molecule has 2 aromatic rings. The first kappa shape index (κ1) is 27.1. The number of nitrogens with one attached hydrogen (secondary N) is 3. The van der Waals surface area contributed by atoms with E-state index in [-0.39, 0.29) is 36.0 Å². The van der Waals surface area contributed by atoms with Crippen LogP contribution in [0.2, 0.25) is 0 Å². The molecule has 0 radical (unpaired) electrons. The number of aryl methyl sites for hydroxylation is 1. The first-order valence-electron chi connectivity index (χ1n) is 11.7. The number of guanidine groups is 1. The third-order valence-electron chi connectivity index (χ3n) is 5.66. The summed E-state index contributed by atoms with van der Waals surface area (Å²) in [6, 6.07) is 18.6. The second kappa shape index (κ2) is 14.9. The highest BCUT2D eigenvalue weighted by molar-refractivity contribution is 14.0. The van der Waals surface area contributed by atoms with Crippen LogP contribution >= 0.6 is 24.0 Å². The topological polar surface area (TPSA) is 74.8 Å². The van der Waals surface area contributed by atoms with Crippen molar-refractivity contribution >= 4 is 35.8 Å². The molecule has 2 unspecified atom stereocenters. The molecule has 1 aliphatic heterocycles. The van der Waals surface area contributed by atoms with E-state index in [0.717, 1.165) is 37.5 Å². The second-order valence-corrected chi connectivity index (χ2v) is 8.26. The van der Waals surface area contributed by atoms with E-state index >= 15 is 0 Å². The van der Waals surface area contributed by atoms with Crippen LogP contribution in [0.1, 0.15) is 49.0 Å². The van der Waals surface area contributed by atoms with Gasteiger partial charge in [-0.2, -0.15) is 0 Å². The van der Waals surface area contributed by atoms with Gasteiger partial charge in [0.15, 0.2) is 5.96 Å². The molecule has 1 fully saturated rings. The number of amides is 1. The number of rotatable bonds is 9. The minimum atomic E-state index is 0. The average Bonchev–Trinajstić information content (AvgIpc) is 2.82. The Balaban J connectivity index is 0.00000385. The molecule has 0 spiro atoms. The number of benzene rings is 2. The zero-order chi connectivity index (χ0) is 22.6. The molecule has 3 rings (SSSR count). The van der Waals surface area contributed by atoms with Gasteiger partial charge in [0.25, 0.3) is 0 Å². The maximum atomic E-state index is 12.2. The van der Waals surface area contributed by atoms with E-state index in [1.54, 1.807) is 0 Å². The van der Waals surface area contributed by atoms with Gasteiger partial charge in [0.2, 0.25) is 5.91 Å². The van der Waals surface area contributed by atoms with Crippen molar-refractivity contribution in [3.05, 3.63) is 71.3 Å². The quantitative estimate of drug-likeness (QED) is 0.241. The molecule has 6 nitrogen and oxygen atoms in total. The number of hydrogen-bond donors (Lipinski definition) is 3. The molecular formula is C26H37IN4O2. The molecule has 1 heterocycles. The van der Waals surface area contributed by atoms with Crippen LogP contribution in [-0.2, 0) is 16.1 Å². The molecule has 7 heteroatoms. The van der Waals surface area contributed by atoms with Gasteiger partial charge in [0.1, 0.15) is 0 Å². The number of halogens is 1. The third-order valence-corrected chi connectivity index (χ3v) is 5.66. The Morgan fingerprint density at radius 1 is 1.06 bits per heavy atom. The Hall–Kier alpha value is -2.13. The fraction of sp³-hybridized carbons (Fsp3) is 0.462. The summed E-state index contributed by atoms with van der Waals surface area (Å²) in [6.45, 7) is 7.49. The van der Waals surface area contributed by atoms with Crippen LogP contribution in [0, 0.1) is 12.8 Å². The van der Waals surface area contributed by atoms with Gasteiger partial charge >= 0.3 is 0 Å². The van der Waals surface area contributed by atoms with Crippen LogP contribution in [0.25, 0.3) is 0 Å². The summed E-state index contributed by atoms with van der Waals surface area (Å²) in [6.07, 6.45) is 2.65. The molecule has 0 aromatic heterocycles. The Labute approximate surface area is 215 Å². The largest absolute Gasteiger partial charge is 0.373 e. The van der Waals surface area contributed by atoms with Gasteiger partial charge in [0.05, 0.1) is 6.10 Å².